The van der Waals surface area contributed by atoms with E-state index >= 15 is 0 Å². The summed E-state index contributed by atoms with van der Waals surface area (Å²) in [6.45, 7) is 2.92. The Morgan fingerprint density at radius 2 is 2.18 bits per heavy atom. The van der Waals surface area contributed by atoms with E-state index in [1.165, 1.54) is 0 Å². The number of hydrogen-bond donors (Lipinski definition) is 2. The van der Waals surface area contributed by atoms with Crippen LogP contribution in [0.1, 0.15) is 40.7 Å². The third-order valence-corrected chi connectivity index (χ3v) is 6.28. The van der Waals surface area contributed by atoms with Gasteiger partial charge in [-0.3, -0.25) is 24.6 Å². The second-order valence-electron chi connectivity index (χ2n) is 7.98. The van der Waals surface area contributed by atoms with E-state index in [9.17, 15) is 14.4 Å². The molecule has 2 saturated heterocycles. The van der Waals surface area contributed by atoms with Gasteiger partial charge in [0.25, 0.3) is 5.91 Å². The van der Waals surface area contributed by atoms with Crippen molar-refractivity contribution < 1.29 is 19.1 Å². The Kier molecular flexibility index (Phi) is 4.95. The number of carbonyl (C=O) groups is 3. The van der Waals surface area contributed by atoms with Crippen LogP contribution < -0.4 is 11.1 Å². The molecule has 1 aromatic rings. The van der Waals surface area contributed by atoms with Crippen LogP contribution in [0.5, 0.6) is 0 Å². The molecular formula is C20H26N4O4. The summed E-state index contributed by atoms with van der Waals surface area (Å²) in [5, 5.41) is 2.33. The number of fused-ring (bicyclic) bond motifs is 1. The van der Waals surface area contributed by atoms with Gasteiger partial charge in [0.05, 0.1) is 12.1 Å². The van der Waals surface area contributed by atoms with Crippen molar-refractivity contribution in [2.45, 2.75) is 43.9 Å². The highest BCUT2D eigenvalue weighted by Crippen LogP contribution is 2.30. The summed E-state index contributed by atoms with van der Waals surface area (Å²) in [5.74, 6) is -0.810. The summed E-state index contributed by atoms with van der Waals surface area (Å²) in [4.78, 5) is 40.3. The quantitative estimate of drug-likeness (QED) is 0.690. The van der Waals surface area contributed by atoms with E-state index in [-0.39, 0.29) is 29.7 Å². The summed E-state index contributed by atoms with van der Waals surface area (Å²) < 4.78 is 5.56. The van der Waals surface area contributed by atoms with E-state index < -0.39 is 6.04 Å². The number of hydrogen-bond acceptors (Lipinski definition) is 6. The van der Waals surface area contributed by atoms with Gasteiger partial charge in [0.1, 0.15) is 6.04 Å². The zero-order valence-electron chi connectivity index (χ0n) is 16.1. The maximum absolute atomic E-state index is 12.9. The van der Waals surface area contributed by atoms with Crippen molar-refractivity contribution in [3.05, 3.63) is 34.9 Å². The molecule has 0 saturated carbocycles. The number of rotatable bonds is 5. The van der Waals surface area contributed by atoms with Crippen LogP contribution in [0.2, 0.25) is 0 Å². The summed E-state index contributed by atoms with van der Waals surface area (Å²) in [5.41, 5.74) is 8.43. The van der Waals surface area contributed by atoms with Crippen LogP contribution in [0.25, 0.3) is 0 Å². The molecule has 28 heavy (non-hydrogen) atoms. The topological polar surface area (TPSA) is 105 Å². The highest BCUT2D eigenvalue weighted by Gasteiger charge is 2.40. The number of benzene rings is 1. The minimum absolute atomic E-state index is 0.147. The standard InChI is InChI=1S/C20H26N4O4/c1-23(20(11-21)6-7-28-12-20)9-13-2-3-14-10-24(19(27)15(14)8-13)16-4-5-17(25)22-18(16)26/h2-3,8,16H,4-7,9-12,21H2,1H3,(H,22,25,26). The van der Waals surface area contributed by atoms with E-state index in [4.69, 9.17) is 10.5 Å². The zero-order chi connectivity index (χ0) is 19.9. The van der Waals surface area contributed by atoms with Crippen molar-refractivity contribution in [3.63, 3.8) is 0 Å². The largest absolute Gasteiger partial charge is 0.379 e. The molecule has 3 amide bonds. The Morgan fingerprint density at radius 3 is 2.86 bits per heavy atom. The van der Waals surface area contributed by atoms with Gasteiger partial charge in [-0.15, -0.1) is 0 Å². The van der Waals surface area contributed by atoms with Gasteiger partial charge in [-0.1, -0.05) is 12.1 Å². The van der Waals surface area contributed by atoms with Gasteiger partial charge < -0.3 is 15.4 Å². The van der Waals surface area contributed by atoms with Crippen molar-refractivity contribution in [1.29, 1.82) is 0 Å². The smallest absolute Gasteiger partial charge is 0.255 e. The molecule has 2 atom stereocenters. The second kappa shape index (κ2) is 7.27. The monoisotopic (exact) mass is 386 g/mol. The van der Waals surface area contributed by atoms with Gasteiger partial charge in [0.2, 0.25) is 11.8 Å². The van der Waals surface area contributed by atoms with Gasteiger partial charge in [0.15, 0.2) is 0 Å². The maximum atomic E-state index is 12.9. The lowest BCUT2D eigenvalue weighted by Gasteiger charge is -2.36. The van der Waals surface area contributed by atoms with Crippen LogP contribution in [-0.4, -0.2) is 65.9 Å². The zero-order valence-corrected chi connectivity index (χ0v) is 16.1. The lowest BCUT2D eigenvalue weighted by Crippen LogP contribution is -2.52. The number of nitrogens with zero attached hydrogens (tertiary/aromatic N) is 2. The molecule has 150 valence electrons. The minimum atomic E-state index is -0.583. The van der Waals surface area contributed by atoms with E-state index in [1.807, 2.05) is 25.2 Å². The Morgan fingerprint density at radius 1 is 1.36 bits per heavy atom. The lowest BCUT2D eigenvalue weighted by atomic mass is 9.96. The molecule has 8 nitrogen and oxygen atoms in total. The highest BCUT2D eigenvalue weighted by atomic mass is 16.5. The molecule has 0 spiro atoms. The van der Waals surface area contributed by atoms with E-state index in [1.54, 1.807) is 4.90 Å². The number of amides is 3. The van der Waals surface area contributed by atoms with E-state index in [0.717, 1.165) is 17.5 Å². The third kappa shape index (κ3) is 3.21. The van der Waals surface area contributed by atoms with E-state index in [0.29, 0.717) is 44.8 Å². The van der Waals surface area contributed by atoms with Crippen LogP contribution in [0.4, 0.5) is 0 Å². The first-order valence-corrected chi connectivity index (χ1v) is 9.69. The molecule has 1 aromatic carbocycles. The average Bonchev–Trinajstić information content (AvgIpc) is 3.28. The number of carbonyl (C=O) groups excluding carboxylic acids is 3. The second-order valence-corrected chi connectivity index (χ2v) is 7.98. The first-order chi connectivity index (χ1) is 13.4. The van der Waals surface area contributed by atoms with Gasteiger partial charge in [0, 0.05) is 38.2 Å². The number of nitrogens with two attached hydrogens (primary N) is 1. The molecule has 3 aliphatic heterocycles. The summed E-state index contributed by atoms with van der Waals surface area (Å²) in [7, 11) is 2.03. The number of imide groups is 1. The van der Waals surface area contributed by atoms with Crippen LogP contribution in [0.15, 0.2) is 18.2 Å². The van der Waals surface area contributed by atoms with Crippen molar-refractivity contribution in [1.82, 2.24) is 15.1 Å². The molecule has 0 aliphatic carbocycles. The third-order valence-electron chi connectivity index (χ3n) is 6.28. The molecule has 4 rings (SSSR count). The van der Waals surface area contributed by atoms with Crippen molar-refractivity contribution >= 4 is 17.7 Å². The molecule has 3 N–H and O–H groups in total. The van der Waals surface area contributed by atoms with Gasteiger partial charge in [-0.25, -0.2) is 0 Å². The fourth-order valence-electron chi connectivity index (χ4n) is 4.36. The Labute approximate surface area is 164 Å². The van der Waals surface area contributed by atoms with Crippen LogP contribution >= 0.6 is 0 Å². The van der Waals surface area contributed by atoms with Crippen molar-refractivity contribution in [2.75, 3.05) is 26.8 Å². The number of piperidine rings is 1. The van der Waals surface area contributed by atoms with E-state index in [2.05, 4.69) is 10.2 Å². The summed E-state index contributed by atoms with van der Waals surface area (Å²) in [6, 6.07) is 5.32. The predicted molar refractivity (Wildman–Crippen MR) is 101 cm³/mol. The first kappa shape index (κ1) is 19.0. The molecule has 8 heteroatoms. The fraction of sp³-hybridized carbons (Fsp3) is 0.550. The maximum Gasteiger partial charge on any atom is 0.255 e. The Balaban J connectivity index is 1.50. The SMILES string of the molecule is CN(Cc1ccc2c(c1)C(=O)N(C1CCC(=O)NC1=O)C2)C1(CN)CCOC1. The number of nitrogens with one attached hydrogen (secondary N) is 1. The van der Waals surface area contributed by atoms with Crippen LogP contribution in [-0.2, 0) is 27.4 Å². The molecule has 0 aromatic heterocycles. The minimum Gasteiger partial charge on any atom is -0.379 e. The molecule has 0 radical (unpaired) electrons. The van der Waals surface area contributed by atoms with Gasteiger partial charge in [-0.2, -0.15) is 0 Å². The normalized spacial score (nSPS) is 27.5. The molecule has 3 heterocycles. The number of likely N-dealkylation sites (N-methyl/N-ethyl adjacent to an activating group) is 1. The van der Waals surface area contributed by atoms with Crippen LogP contribution in [0, 0.1) is 0 Å². The van der Waals surface area contributed by atoms with Crippen molar-refractivity contribution in [3.8, 4) is 0 Å². The Hall–Kier alpha value is -2.29. The molecule has 3 aliphatic rings. The Bertz CT molecular complexity index is 818. The highest BCUT2D eigenvalue weighted by molar-refractivity contribution is 6.05. The lowest BCUT2D eigenvalue weighted by molar-refractivity contribution is -0.136. The molecule has 2 fully saturated rings. The van der Waals surface area contributed by atoms with Crippen LogP contribution in [0.3, 0.4) is 0 Å². The fourth-order valence-corrected chi connectivity index (χ4v) is 4.36. The first-order valence-electron chi connectivity index (χ1n) is 9.69. The summed E-state index contributed by atoms with van der Waals surface area (Å²) in [6.07, 6.45) is 1.53. The van der Waals surface area contributed by atoms with Gasteiger partial charge in [-0.05, 0) is 37.1 Å². The predicted octanol–water partition coefficient (Wildman–Crippen LogP) is -0.00280. The average molecular weight is 386 g/mol. The molecular weight excluding hydrogens is 360 g/mol. The number of ether oxygens (including phenoxy) is 1. The molecule has 2 unspecified atom stereocenters. The van der Waals surface area contributed by atoms with Crippen molar-refractivity contribution in [2.24, 2.45) is 5.73 Å². The van der Waals surface area contributed by atoms with Gasteiger partial charge >= 0.3 is 0 Å². The summed E-state index contributed by atoms with van der Waals surface area (Å²) >= 11 is 0. The molecule has 0 bridgehead atoms.